The molecule has 6 nitrogen and oxygen atoms in total. The summed E-state index contributed by atoms with van der Waals surface area (Å²) >= 11 is 11.2. The molecule has 142 valence electrons. The Balaban J connectivity index is 1.82. The SMILES string of the molecule is CC(C)CN(Cn1nc(-c2ccc(Cl)cc2)oc1=S)[C@H]1CCS(=O)(=O)C1. The molecule has 9 heteroatoms. The Morgan fingerprint density at radius 3 is 2.65 bits per heavy atom. The summed E-state index contributed by atoms with van der Waals surface area (Å²) in [6.45, 7) is 5.40. The van der Waals surface area contributed by atoms with Gasteiger partial charge in [0, 0.05) is 23.2 Å². The van der Waals surface area contributed by atoms with Crippen LogP contribution in [-0.2, 0) is 16.5 Å². The lowest BCUT2D eigenvalue weighted by molar-refractivity contribution is 0.136. The first-order chi connectivity index (χ1) is 12.2. The van der Waals surface area contributed by atoms with E-state index in [1.807, 2.05) is 12.1 Å². The second-order valence-electron chi connectivity index (χ2n) is 7.04. The first-order valence-electron chi connectivity index (χ1n) is 8.52. The number of rotatable bonds is 6. The average Bonchev–Trinajstić information content (AvgIpc) is 3.10. The third-order valence-corrected chi connectivity index (χ3v) is 6.63. The van der Waals surface area contributed by atoms with Crippen LogP contribution >= 0.6 is 23.8 Å². The van der Waals surface area contributed by atoms with Gasteiger partial charge in [0.05, 0.1) is 18.2 Å². The van der Waals surface area contributed by atoms with Crippen LogP contribution in [0.2, 0.25) is 5.02 Å². The van der Waals surface area contributed by atoms with Gasteiger partial charge in [0.15, 0.2) is 9.84 Å². The number of benzene rings is 1. The fourth-order valence-corrected chi connectivity index (χ4v) is 5.20. The molecule has 3 rings (SSSR count). The van der Waals surface area contributed by atoms with Gasteiger partial charge < -0.3 is 4.42 Å². The van der Waals surface area contributed by atoms with Gasteiger partial charge in [-0.3, -0.25) is 4.90 Å². The van der Waals surface area contributed by atoms with Crippen molar-refractivity contribution >= 4 is 33.7 Å². The highest BCUT2D eigenvalue weighted by molar-refractivity contribution is 7.91. The van der Waals surface area contributed by atoms with E-state index >= 15 is 0 Å². The summed E-state index contributed by atoms with van der Waals surface area (Å²) in [5.74, 6) is 1.26. The first kappa shape index (κ1) is 19.5. The fourth-order valence-electron chi connectivity index (χ4n) is 3.13. The van der Waals surface area contributed by atoms with Gasteiger partial charge in [-0.25, -0.2) is 13.1 Å². The van der Waals surface area contributed by atoms with E-state index in [1.165, 1.54) is 0 Å². The van der Waals surface area contributed by atoms with E-state index in [2.05, 4.69) is 23.8 Å². The fraction of sp³-hybridized carbons (Fsp3) is 0.529. The molecule has 1 atom stereocenters. The van der Waals surface area contributed by atoms with Crippen molar-refractivity contribution in [1.82, 2.24) is 14.7 Å². The minimum atomic E-state index is -2.95. The van der Waals surface area contributed by atoms with Crippen molar-refractivity contribution in [3.63, 3.8) is 0 Å². The van der Waals surface area contributed by atoms with E-state index in [-0.39, 0.29) is 22.4 Å². The molecule has 1 aliphatic heterocycles. The summed E-state index contributed by atoms with van der Waals surface area (Å²) in [4.78, 5) is 2.41. The lowest BCUT2D eigenvalue weighted by Gasteiger charge is -2.29. The zero-order chi connectivity index (χ0) is 18.9. The van der Waals surface area contributed by atoms with Crippen molar-refractivity contribution in [3.8, 4) is 11.5 Å². The monoisotopic (exact) mass is 415 g/mol. The molecule has 0 bridgehead atoms. The van der Waals surface area contributed by atoms with Crippen LogP contribution < -0.4 is 0 Å². The molecular weight excluding hydrogens is 394 g/mol. The van der Waals surface area contributed by atoms with Crippen LogP contribution in [0.4, 0.5) is 0 Å². The number of aromatic nitrogens is 2. The molecule has 26 heavy (non-hydrogen) atoms. The van der Waals surface area contributed by atoms with Gasteiger partial charge >= 0.3 is 0 Å². The molecule has 1 aliphatic rings. The van der Waals surface area contributed by atoms with Crippen molar-refractivity contribution in [2.24, 2.45) is 5.92 Å². The molecule has 0 N–H and O–H groups in total. The Bertz CT molecular complexity index is 919. The van der Waals surface area contributed by atoms with E-state index in [0.29, 0.717) is 29.9 Å². The summed E-state index contributed by atoms with van der Waals surface area (Å²) < 4.78 is 31.0. The van der Waals surface area contributed by atoms with Gasteiger partial charge in [-0.05, 0) is 48.8 Å². The molecule has 2 heterocycles. The maximum absolute atomic E-state index is 11.9. The highest BCUT2D eigenvalue weighted by Crippen LogP contribution is 2.23. The lowest BCUT2D eigenvalue weighted by Crippen LogP contribution is -2.40. The van der Waals surface area contributed by atoms with E-state index < -0.39 is 9.84 Å². The number of sulfone groups is 1. The molecule has 1 fully saturated rings. The molecule has 1 aromatic heterocycles. The minimum Gasteiger partial charge on any atom is -0.409 e. The second kappa shape index (κ2) is 7.80. The quantitative estimate of drug-likeness (QED) is 0.671. The number of hydrogen-bond donors (Lipinski definition) is 0. The molecule has 0 spiro atoms. The first-order valence-corrected chi connectivity index (χ1v) is 11.1. The third-order valence-electron chi connectivity index (χ3n) is 4.34. The lowest BCUT2D eigenvalue weighted by atomic mass is 10.1. The van der Waals surface area contributed by atoms with Crippen molar-refractivity contribution in [2.75, 3.05) is 18.1 Å². The topological polar surface area (TPSA) is 68.3 Å². The van der Waals surface area contributed by atoms with Crippen molar-refractivity contribution < 1.29 is 12.8 Å². The Kier molecular flexibility index (Phi) is 5.86. The van der Waals surface area contributed by atoms with Crippen molar-refractivity contribution in [3.05, 3.63) is 34.1 Å². The highest BCUT2D eigenvalue weighted by Gasteiger charge is 2.33. The normalized spacial score (nSPS) is 19.5. The van der Waals surface area contributed by atoms with Crippen LogP contribution in [0, 0.1) is 10.8 Å². The zero-order valence-corrected chi connectivity index (χ0v) is 17.1. The zero-order valence-electron chi connectivity index (χ0n) is 14.8. The summed E-state index contributed by atoms with van der Waals surface area (Å²) in [6, 6.07) is 7.16. The van der Waals surface area contributed by atoms with Crippen LogP contribution in [0.3, 0.4) is 0 Å². The molecule has 2 aromatic rings. The third kappa shape index (κ3) is 4.73. The smallest absolute Gasteiger partial charge is 0.288 e. The van der Waals surface area contributed by atoms with Crippen molar-refractivity contribution in [2.45, 2.75) is 33.0 Å². The van der Waals surface area contributed by atoms with Crippen LogP contribution in [-0.4, -0.2) is 47.2 Å². The predicted octanol–water partition coefficient (Wildman–Crippen LogP) is 3.63. The van der Waals surface area contributed by atoms with Crippen LogP contribution in [0.5, 0.6) is 0 Å². The highest BCUT2D eigenvalue weighted by atomic mass is 35.5. The van der Waals surface area contributed by atoms with Gasteiger partial charge in [0.1, 0.15) is 0 Å². The molecular formula is C17H22ClN3O3S2. The summed E-state index contributed by atoms with van der Waals surface area (Å²) in [5, 5.41) is 5.11. The van der Waals surface area contributed by atoms with Crippen molar-refractivity contribution in [1.29, 1.82) is 0 Å². The number of halogens is 1. The second-order valence-corrected chi connectivity index (χ2v) is 10.1. The van der Waals surface area contributed by atoms with E-state index in [4.69, 9.17) is 28.2 Å². The van der Waals surface area contributed by atoms with Gasteiger partial charge in [-0.2, -0.15) is 0 Å². The van der Waals surface area contributed by atoms with Gasteiger partial charge in [0.2, 0.25) is 5.89 Å². The largest absolute Gasteiger partial charge is 0.409 e. The molecule has 0 saturated carbocycles. The summed E-state index contributed by atoms with van der Waals surface area (Å²) in [6.07, 6.45) is 0.643. The van der Waals surface area contributed by atoms with E-state index in [9.17, 15) is 8.42 Å². The molecule has 0 aliphatic carbocycles. The summed E-state index contributed by atoms with van der Waals surface area (Å²) in [5.41, 5.74) is 0.790. The Morgan fingerprint density at radius 1 is 1.38 bits per heavy atom. The standard InChI is InChI=1S/C17H22ClN3O3S2/c1-12(2)9-20(15-7-8-26(22,23)10-15)11-21-17(25)24-16(19-21)13-3-5-14(18)6-4-13/h3-6,12,15H,7-11H2,1-2H3/t15-/m0/s1. The molecule has 0 amide bonds. The van der Waals surface area contributed by atoms with E-state index in [1.54, 1.807) is 16.8 Å². The number of nitrogens with zero attached hydrogens (tertiary/aromatic N) is 3. The summed E-state index contributed by atoms with van der Waals surface area (Å²) in [7, 11) is -2.95. The number of hydrogen-bond acceptors (Lipinski definition) is 6. The molecule has 0 unspecified atom stereocenters. The van der Waals surface area contributed by atoms with Crippen LogP contribution in [0.15, 0.2) is 28.7 Å². The van der Waals surface area contributed by atoms with E-state index in [0.717, 1.165) is 12.1 Å². The molecule has 0 radical (unpaired) electrons. The van der Waals surface area contributed by atoms with Crippen LogP contribution in [0.25, 0.3) is 11.5 Å². The Labute approximate surface area is 163 Å². The Hall–Kier alpha value is -1.22. The molecule has 1 aromatic carbocycles. The maximum atomic E-state index is 11.9. The average molecular weight is 416 g/mol. The minimum absolute atomic E-state index is 0.0139. The van der Waals surface area contributed by atoms with Gasteiger partial charge in [-0.1, -0.05) is 25.4 Å². The predicted molar refractivity (Wildman–Crippen MR) is 104 cm³/mol. The van der Waals surface area contributed by atoms with Crippen LogP contribution in [0.1, 0.15) is 20.3 Å². The van der Waals surface area contributed by atoms with Gasteiger partial charge in [-0.15, -0.1) is 5.10 Å². The molecule has 1 saturated heterocycles. The maximum Gasteiger partial charge on any atom is 0.288 e. The van der Waals surface area contributed by atoms with Gasteiger partial charge in [0.25, 0.3) is 4.84 Å². The Morgan fingerprint density at radius 2 is 2.08 bits per heavy atom.